The van der Waals surface area contributed by atoms with E-state index in [-0.39, 0.29) is 0 Å². The van der Waals surface area contributed by atoms with Crippen molar-refractivity contribution in [2.45, 2.75) is 49.0 Å². The molecule has 0 amide bonds. The normalized spacial score (nSPS) is 44.1. The topological polar surface area (TPSA) is 49.5 Å². The molecule has 9 heteroatoms. The lowest BCUT2D eigenvalue weighted by atomic mass is 10.2. The third-order valence-corrected chi connectivity index (χ3v) is 13.2. The molecular weight excluding hydrogens is 324 g/mol. The van der Waals surface area contributed by atoms with Crippen molar-refractivity contribution < 1.29 is 21.8 Å². The first kappa shape index (κ1) is 15.6. The van der Waals surface area contributed by atoms with E-state index in [4.69, 9.17) is 21.8 Å². The molecule has 3 rings (SSSR count). The molecule has 3 unspecified atom stereocenters. The molecule has 2 bridgehead atoms. The van der Waals surface area contributed by atoms with Gasteiger partial charge >= 0.3 is 8.80 Å². The van der Waals surface area contributed by atoms with Crippen LogP contribution in [0.3, 0.4) is 0 Å². The Morgan fingerprint density at radius 1 is 1.10 bits per heavy atom. The number of hydrogen-bond acceptors (Lipinski definition) is 5. The van der Waals surface area contributed by atoms with Gasteiger partial charge in [0.15, 0.2) is 0 Å². The SMILES string of the molecule is CC1[Si]O[Si]2(CCCOCC3CO3)O[Si]C(C)C1[Si]O2. The smallest absolute Gasteiger partial charge is 0.416 e. The molecule has 5 nitrogen and oxygen atoms in total. The van der Waals surface area contributed by atoms with Gasteiger partial charge in [0, 0.05) is 12.7 Å². The molecule has 0 saturated carbocycles. The molecule has 3 heterocycles. The summed E-state index contributed by atoms with van der Waals surface area (Å²) in [4.78, 5) is 0. The van der Waals surface area contributed by atoms with Gasteiger partial charge in [0.25, 0.3) is 0 Å². The van der Waals surface area contributed by atoms with Gasteiger partial charge < -0.3 is 21.8 Å². The van der Waals surface area contributed by atoms with Crippen LogP contribution in [-0.4, -0.2) is 64.0 Å². The average Bonchev–Trinajstić information content (AvgIpc) is 3.25. The molecule has 3 fully saturated rings. The Morgan fingerprint density at radius 3 is 2.40 bits per heavy atom. The van der Waals surface area contributed by atoms with Crippen LogP contribution < -0.4 is 0 Å². The molecule has 3 saturated heterocycles. The first-order valence-corrected chi connectivity index (χ1v) is 12.1. The number of rotatable bonds is 6. The van der Waals surface area contributed by atoms with Crippen LogP contribution in [0.5, 0.6) is 0 Å². The molecule has 0 aliphatic carbocycles. The molecule has 3 aliphatic rings. The largest absolute Gasteiger partial charge is 0.469 e. The Morgan fingerprint density at radius 2 is 1.75 bits per heavy atom. The van der Waals surface area contributed by atoms with Crippen LogP contribution in [0, 0.1) is 0 Å². The fourth-order valence-electron chi connectivity index (χ4n) is 2.29. The van der Waals surface area contributed by atoms with E-state index >= 15 is 0 Å². The van der Waals surface area contributed by atoms with Gasteiger partial charge in [-0.15, -0.1) is 0 Å². The van der Waals surface area contributed by atoms with Gasteiger partial charge in [0.05, 0.1) is 13.2 Å². The monoisotopic (exact) mass is 344 g/mol. The second-order valence-electron chi connectivity index (χ2n) is 5.58. The van der Waals surface area contributed by atoms with E-state index in [9.17, 15) is 0 Å². The Bertz CT molecular complexity index is 316. The Kier molecular flexibility index (Phi) is 5.32. The highest BCUT2D eigenvalue weighted by atomic mass is 28.5. The summed E-state index contributed by atoms with van der Waals surface area (Å²) in [5.74, 6) is 0. The number of hydrogen-bond donors (Lipinski definition) is 0. The number of epoxide rings is 1. The van der Waals surface area contributed by atoms with Crippen LogP contribution in [0.15, 0.2) is 0 Å². The zero-order valence-electron chi connectivity index (χ0n) is 11.9. The highest BCUT2D eigenvalue weighted by Gasteiger charge is 2.49. The molecule has 0 spiro atoms. The van der Waals surface area contributed by atoms with Crippen LogP contribution in [0.2, 0.25) is 22.7 Å². The van der Waals surface area contributed by atoms with E-state index in [0.29, 0.717) is 52.0 Å². The Hall–Kier alpha value is 0.668. The van der Waals surface area contributed by atoms with Crippen LogP contribution in [0.1, 0.15) is 20.3 Å². The summed E-state index contributed by atoms with van der Waals surface area (Å²) in [6, 6.07) is 0.887. The standard InChI is InChI=1S/C11H20O5Si4/c1-8-11-9(2)18-15-20(14-17-8,16-19-11)5-3-4-12-6-10-7-13-10/h8-11H,3-7H2,1-2H3. The number of fused-ring (bicyclic) bond motifs is 3. The second-order valence-corrected chi connectivity index (χ2v) is 13.1. The lowest BCUT2D eigenvalue weighted by Gasteiger charge is -2.30. The molecule has 0 aromatic carbocycles. The van der Waals surface area contributed by atoms with Crippen molar-refractivity contribution in [3.63, 3.8) is 0 Å². The highest BCUT2D eigenvalue weighted by molar-refractivity contribution is 6.76. The maximum absolute atomic E-state index is 6.15. The summed E-state index contributed by atoms with van der Waals surface area (Å²) in [5, 5.41) is 0. The Labute approximate surface area is 129 Å². The van der Waals surface area contributed by atoms with Gasteiger partial charge in [-0.2, -0.15) is 0 Å². The first-order chi connectivity index (χ1) is 9.69. The zero-order valence-corrected chi connectivity index (χ0v) is 15.9. The maximum atomic E-state index is 6.15. The van der Waals surface area contributed by atoms with Crippen molar-refractivity contribution in [2.75, 3.05) is 19.8 Å². The number of ether oxygens (including phenoxy) is 2. The van der Waals surface area contributed by atoms with Crippen molar-refractivity contribution >= 4 is 38.1 Å². The minimum atomic E-state index is -2.41. The highest BCUT2D eigenvalue weighted by Crippen LogP contribution is 2.41. The molecule has 0 aromatic rings. The van der Waals surface area contributed by atoms with E-state index in [0.717, 1.165) is 32.3 Å². The van der Waals surface area contributed by atoms with Gasteiger partial charge in [0.2, 0.25) is 29.3 Å². The predicted molar refractivity (Wildman–Crippen MR) is 78.9 cm³/mol. The van der Waals surface area contributed by atoms with E-state index in [2.05, 4.69) is 13.8 Å². The van der Waals surface area contributed by atoms with Crippen LogP contribution in [0.4, 0.5) is 0 Å². The third-order valence-electron chi connectivity index (χ3n) is 3.71. The summed E-state index contributed by atoms with van der Waals surface area (Å²) in [5.41, 5.74) is 1.83. The van der Waals surface area contributed by atoms with Gasteiger partial charge in [-0.3, -0.25) is 0 Å². The third kappa shape index (κ3) is 3.90. The van der Waals surface area contributed by atoms with Gasteiger partial charge in [-0.25, -0.2) is 0 Å². The quantitative estimate of drug-likeness (QED) is 0.410. The molecule has 6 radical (unpaired) electrons. The van der Waals surface area contributed by atoms with Crippen molar-refractivity contribution in [1.29, 1.82) is 0 Å². The van der Waals surface area contributed by atoms with E-state index in [1.807, 2.05) is 0 Å². The molecule has 20 heavy (non-hydrogen) atoms. The second kappa shape index (κ2) is 6.83. The molecular formula is C11H20O5Si4. The molecule has 3 aliphatic heterocycles. The Balaban J connectivity index is 1.47. The summed E-state index contributed by atoms with van der Waals surface area (Å²) in [6.07, 6.45) is 1.29. The van der Waals surface area contributed by atoms with Crippen molar-refractivity contribution in [1.82, 2.24) is 0 Å². The molecule has 3 atom stereocenters. The van der Waals surface area contributed by atoms with Crippen LogP contribution >= 0.6 is 0 Å². The van der Waals surface area contributed by atoms with E-state index < -0.39 is 8.80 Å². The lowest BCUT2D eigenvalue weighted by Crippen LogP contribution is -2.47. The predicted octanol–water partition coefficient (Wildman–Crippen LogP) is 1.07. The minimum Gasteiger partial charge on any atom is -0.416 e. The molecule has 0 N–H and O–H groups in total. The van der Waals surface area contributed by atoms with Crippen LogP contribution in [-0.2, 0) is 21.8 Å². The molecule has 0 aromatic heterocycles. The van der Waals surface area contributed by atoms with Crippen LogP contribution in [0.25, 0.3) is 0 Å². The van der Waals surface area contributed by atoms with Gasteiger partial charge in [-0.1, -0.05) is 13.8 Å². The summed E-state index contributed by atoms with van der Waals surface area (Å²) in [7, 11) is -0.818. The fraction of sp³-hybridized carbons (Fsp3) is 1.00. The summed E-state index contributed by atoms with van der Waals surface area (Å²) in [6.45, 7) is 6.89. The van der Waals surface area contributed by atoms with Gasteiger partial charge in [-0.05, 0) is 23.0 Å². The minimum absolute atomic E-state index is 0.344. The van der Waals surface area contributed by atoms with Crippen molar-refractivity contribution in [2.24, 2.45) is 0 Å². The first-order valence-electron chi connectivity index (χ1n) is 7.18. The van der Waals surface area contributed by atoms with Crippen molar-refractivity contribution in [3.05, 3.63) is 0 Å². The summed E-state index contributed by atoms with van der Waals surface area (Å²) >= 11 is 0. The van der Waals surface area contributed by atoms with E-state index in [1.54, 1.807) is 0 Å². The zero-order chi connectivity index (χ0) is 14.0. The van der Waals surface area contributed by atoms with E-state index in [1.165, 1.54) is 0 Å². The fourth-order valence-corrected chi connectivity index (χ4v) is 12.2. The summed E-state index contributed by atoms with van der Waals surface area (Å²) < 4.78 is 29.1. The molecule has 110 valence electrons. The van der Waals surface area contributed by atoms with Gasteiger partial charge in [0.1, 0.15) is 6.10 Å². The average molecular weight is 345 g/mol. The van der Waals surface area contributed by atoms with Crippen molar-refractivity contribution in [3.8, 4) is 0 Å². The maximum Gasteiger partial charge on any atom is 0.469 e. The lowest BCUT2D eigenvalue weighted by molar-refractivity contribution is 0.114.